The Labute approximate surface area is 132 Å². The highest BCUT2D eigenvalue weighted by molar-refractivity contribution is 6.29. The number of ether oxygens (including phenoxy) is 2. The minimum absolute atomic E-state index is 0.0563. The number of methoxy groups -OCH3 is 1. The maximum atomic E-state index is 11.7. The van der Waals surface area contributed by atoms with E-state index in [1.165, 1.54) is 7.11 Å². The molecule has 0 saturated heterocycles. The summed E-state index contributed by atoms with van der Waals surface area (Å²) in [5.74, 6) is -0.259. The van der Waals surface area contributed by atoms with Crippen LogP contribution in [0.2, 0.25) is 5.15 Å². The Morgan fingerprint density at radius 3 is 2.73 bits per heavy atom. The number of benzene rings is 1. The van der Waals surface area contributed by atoms with Gasteiger partial charge in [-0.15, -0.1) is 0 Å². The quantitative estimate of drug-likeness (QED) is 0.396. The average Bonchev–Trinajstić information content (AvgIpc) is 2.54. The second-order valence-corrected chi connectivity index (χ2v) is 4.67. The Kier molecular flexibility index (Phi) is 5.38. The molecule has 0 radical (unpaired) electrons. The number of carbonyl (C=O) groups excluding carboxylic acids is 1. The molecule has 0 aliphatic heterocycles. The van der Waals surface area contributed by atoms with Crippen molar-refractivity contribution in [3.8, 4) is 5.88 Å². The lowest BCUT2D eigenvalue weighted by atomic mass is 10.0. The number of hydrogen-bond acceptors (Lipinski definition) is 5. The number of carbonyl (C=O) groups is 1. The van der Waals surface area contributed by atoms with E-state index in [0.29, 0.717) is 22.2 Å². The molecule has 1 aromatic heterocycles. The van der Waals surface area contributed by atoms with Crippen molar-refractivity contribution < 1.29 is 19.4 Å². The predicted molar refractivity (Wildman–Crippen MR) is 82.6 cm³/mol. The molecule has 22 heavy (non-hydrogen) atoms. The van der Waals surface area contributed by atoms with E-state index in [1.807, 2.05) is 0 Å². The summed E-state index contributed by atoms with van der Waals surface area (Å²) in [6.07, 6.45) is 0.725. The van der Waals surface area contributed by atoms with Gasteiger partial charge in [0.2, 0.25) is 5.88 Å². The normalized spacial score (nSPS) is 11.1. The van der Waals surface area contributed by atoms with Crippen LogP contribution in [0.15, 0.2) is 48.7 Å². The molecule has 0 bridgehead atoms. The minimum Gasteiger partial charge on any atom is -0.515 e. The molecular weight excluding hydrogens is 306 g/mol. The molecule has 0 atom stereocenters. The molecule has 5 nitrogen and oxygen atoms in total. The molecule has 0 saturated carbocycles. The Balaban J connectivity index is 2.23. The fourth-order valence-electron chi connectivity index (χ4n) is 1.87. The number of aliphatic hydroxyl groups is 1. The van der Waals surface area contributed by atoms with E-state index in [0.717, 1.165) is 6.26 Å². The fourth-order valence-corrected chi connectivity index (χ4v) is 2.03. The summed E-state index contributed by atoms with van der Waals surface area (Å²) in [6.45, 7) is 0.165. The van der Waals surface area contributed by atoms with E-state index < -0.39 is 5.97 Å². The number of nitrogens with zero attached hydrogens (tertiary/aromatic N) is 1. The molecule has 0 spiro atoms. The third kappa shape index (κ3) is 3.77. The second-order valence-electron chi connectivity index (χ2n) is 4.28. The summed E-state index contributed by atoms with van der Waals surface area (Å²) in [5.41, 5.74) is 1.29. The average molecular weight is 320 g/mol. The van der Waals surface area contributed by atoms with Gasteiger partial charge in [-0.1, -0.05) is 41.9 Å². The Morgan fingerprint density at radius 2 is 2.05 bits per heavy atom. The van der Waals surface area contributed by atoms with Crippen molar-refractivity contribution in [2.75, 3.05) is 7.11 Å². The van der Waals surface area contributed by atoms with Gasteiger partial charge in [-0.25, -0.2) is 9.78 Å². The van der Waals surface area contributed by atoms with Gasteiger partial charge in [0.05, 0.1) is 13.4 Å². The van der Waals surface area contributed by atoms with Crippen LogP contribution in [0.3, 0.4) is 0 Å². The molecule has 6 heteroatoms. The van der Waals surface area contributed by atoms with Crippen LogP contribution in [0.4, 0.5) is 0 Å². The van der Waals surface area contributed by atoms with Gasteiger partial charge < -0.3 is 14.6 Å². The Bertz CT molecular complexity index is 700. The van der Waals surface area contributed by atoms with Crippen molar-refractivity contribution in [3.63, 3.8) is 0 Å². The van der Waals surface area contributed by atoms with Crippen LogP contribution in [0.1, 0.15) is 11.1 Å². The maximum Gasteiger partial charge on any atom is 0.341 e. The first-order valence-electron chi connectivity index (χ1n) is 6.42. The summed E-state index contributed by atoms with van der Waals surface area (Å²) in [7, 11) is 1.25. The third-order valence-electron chi connectivity index (χ3n) is 2.91. The molecule has 0 aliphatic carbocycles. The Morgan fingerprint density at radius 1 is 1.27 bits per heavy atom. The lowest BCUT2D eigenvalue weighted by Gasteiger charge is -2.11. The monoisotopic (exact) mass is 319 g/mol. The highest BCUT2D eigenvalue weighted by atomic mass is 35.5. The van der Waals surface area contributed by atoms with Gasteiger partial charge in [-0.05, 0) is 17.2 Å². The van der Waals surface area contributed by atoms with Crippen LogP contribution < -0.4 is 4.74 Å². The molecule has 1 heterocycles. The van der Waals surface area contributed by atoms with E-state index in [1.54, 1.807) is 42.5 Å². The molecule has 114 valence electrons. The standard InChI is InChI=1S/C16H14ClNO4/c1-21-16(20)13(9-19)12-6-3-2-5-11(12)10-22-15-8-4-7-14(17)18-15/h2-9,19H,10H2,1H3. The van der Waals surface area contributed by atoms with Gasteiger partial charge in [0, 0.05) is 6.07 Å². The summed E-state index contributed by atoms with van der Waals surface area (Å²) in [4.78, 5) is 15.7. The number of pyridine rings is 1. The van der Waals surface area contributed by atoms with Crippen LogP contribution in [0, 0.1) is 0 Å². The van der Waals surface area contributed by atoms with Crippen LogP contribution in [0.5, 0.6) is 5.88 Å². The largest absolute Gasteiger partial charge is 0.515 e. The first kappa shape index (κ1) is 15.9. The van der Waals surface area contributed by atoms with E-state index in [4.69, 9.17) is 16.3 Å². The van der Waals surface area contributed by atoms with Crippen molar-refractivity contribution in [2.45, 2.75) is 6.61 Å². The number of halogens is 1. The van der Waals surface area contributed by atoms with Crippen LogP contribution in [-0.2, 0) is 16.1 Å². The number of rotatable bonds is 5. The molecular formula is C16H14ClNO4. The summed E-state index contributed by atoms with van der Waals surface area (Å²) >= 11 is 5.80. The molecule has 0 unspecified atom stereocenters. The molecule has 1 N–H and O–H groups in total. The van der Waals surface area contributed by atoms with Crippen molar-refractivity contribution in [1.82, 2.24) is 4.98 Å². The zero-order valence-corrected chi connectivity index (χ0v) is 12.6. The first-order valence-corrected chi connectivity index (χ1v) is 6.80. The van der Waals surface area contributed by atoms with E-state index >= 15 is 0 Å². The number of hydrogen-bond donors (Lipinski definition) is 1. The SMILES string of the molecule is COC(=O)C(=CO)c1ccccc1COc1cccc(Cl)n1. The number of aliphatic hydroxyl groups excluding tert-OH is 1. The molecule has 2 rings (SSSR count). The van der Waals surface area contributed by atoms with Crippen LogP contribution in [0.25, 0.3) is 5.57 Å². The van der Waals surface area contributed by atoms with Crippen molar-refractivity contribution in [3.05, 3.63) is 65.0 Å². The Hall–Kier alpha value is -2.53. The fraction of sp³-hybridized carbons (Fsp3) is 0.125. The minimum atomic E-state index is -0.629. The number of aromatic nitrogens is 1. The summed E-state index contributed by atoms with van der Waals surface area (Å²) < 4.78 is 10.2. The lowest BCUT2D eigenvalue weighted by Crippen LogP contribution is -2.08. The molecule has 1 aromatic carbocycles. The third-order valence-corrected chi connectivity index (χ3v) is 3.12. The molecule has 0 fully saturated rings. The lowest BCUT2D eigenvalue weighted by molar-refractivity contribution is -0.133. The second kappa shape index (κ2) is 7.47. The van der Waals surface area contributed by atoms with Crippen molar-refractivity contribution in [1.29, 1.82) is 0 Å². The highest BCUT2D eigenvalue weighted by Crippen LogP contribution is 2.22. The predicted octanol–water partition coefficient (Wildman–Crippen LogP) is 3.39. The highest BCUT2D eigenvalue weighted by Gasteiger charge is 2.16. The summed E-state index contributed by atoms with van der Waals surface area (Å²) in [6, 6.07) is 12.1. The van der Waals surface area contributed by atoms with Gasteiger partial charge in [-0.3, -0.25) is 0 Å². The van der Waals surface area contributed by atoms with Gasteiger partial charge >= 0.3 is 5.97 Å². The smallest absolute Gasteiger partial charge is 0.341 e. The van der Waals surface area contributed by atoms with Gasteiger partial charge in [-0.2, -0.15) is 0 Å². The number of esters is 1. The molecule has 0 amide bonds. The topological polar surface area (TPSA) is 68.7 Å². The van der Waals surface area contributed by atoms with Crippen LogP contribution >= 0.6 is 11.6 Å². The van der Waals surface area contributed by atoms with Crippen LogP contribution in [-0.4, -0.2) is 23.2 Å². The van der Waals surface area contributed by atoms with Crippen molar-refractivity contribution in [2.24, 2.45) is 0 Å². The van der Waals surface area contributed by atoms with E-state index in [9.17, 15) is 9.90 Å². The van der Waals surface area contributed by atoms with Gasteiger partial charge in [0.25, 0.3) is 0 Å². The van der Waals surface area contributed by atoms with Gasteiger partial charge in [0.15, 0.2) is 0 Å². The zero-order valence-electron chi connectivity index (χ0n) is 11.8. The molecule has 0 aliphatic rings. The summed E-state index contributed by atoms with van der Waals surface area (Å²) in [5, 5.41) is 9.62. The van der Waals surface area contributed by atoms with E-state index in [2.05, 4.69) is 9.72 Å². The first-order chi connectivity index (χ1) is 10.7. The maximum absolute atomic E-state index is 11.7. The molecule has 2 aromatic rings. The van der Waals surface area contributed by atoms with Gasteiger partial charge in [0.1, 0.15) is 17.3 Å². The zero-order chi connectivity index (χ0) is 15.9. The van der Waals surface area contributed by atoms with Crippen molar-refractivity contribution >= 4 is 23.1 Å². The van der Waals surface area contributed by atoms with E-state index in [-0.39, 0.29) is 12.2 Å².